The van der Waals surface area contributed by atoms with Crippen LogP contribution in [-0.4, -0.2) is 30.1 Å². The molecule has 1 aromatic heterocycles. The molecule has 1 atom stereocenters. The molecule has 6 heteroatoms. The van der Waals surface area contributed by atoms with Gasteiger partial charge in [0.25, 0.3) is 0 Å². The molecule has 1 aliphatic rings. The van der Waals surface area contributed by atoms with Gasteiger partial charge in [0.05, 0.1) is 6.42 Å². The Balaban J connectivity index is 1.33. The molecular weight excluding hydrogens is 330 g/mol. The van der Waals surface area contributed by atoms with Crippen LogP contribution in [0.1, 0.15) is 12.1 Å². The van der Waals surface area contributed by atoms with Gasteiger partial charge in [0.1, 0.15) is 5.69 Å². The highest BCUT2D eigenvalue weighted by molar-refractivity contribution is 5.95. The van der Waals surface area contributed by atoms with E-state index in [0.717, 1.165) is 11.1 Å². The van der Waals surface area contributed by atoms with Gasteiger partial charge in [-0.1, -0.05) is 35.5 Å². The van der Waals surface area contributed by atoms with Crippen molar-refractivity contribution in [3.05, 3.63) is 60.3 Å². The lowest BCUT2D eigenvalue weighted by Gasteiger charge is -2.16. The number of anilines is 1. The van der Waals surface area contributed by atoms with Crippen molar-refractivity contribution in [3.8, 4) is 0 Å². The van der Waals surface area contributed by atoms with E-state index in [2.05, 4.69) is 10.5 Å². The van der Waals surface area contributed by atoms with Gasteiger partial charge >= 0.3 is 0 Å². The minimum atomic E-state index is -0.116. The second kappa shape index (κ2) is 7.00. The van der Waals surface area contributed by atoms with Crippen LogP contribution < -0.4 is 10.2 Å². The highest BCUT2D eigenvalue weighted by atomic mass is 16.5. The first kappa shape index (κ1) is 16.3. The number of nitrogens with one attached hydrogen (secondary N) is 1. The number of para-hydroxylation sites is 2. The summed E-state index contributed by atoms with van der Waals surface area (Å²) in [6.07, 6.45) is 0.613. The van der Waals surface area contributed by atoms with E-state index in [9.17, 15) is 9.59 Å². The van der Waals surface area contributed by atoms with Gasteiger partial charge in [-0.3, -0.25) is 9.59 Å². The van der Waals surface area contributed by atoms with Crippen molar-refractivity contribution in [1.82, 2.24) is 10.5 Å². The van der Waals surface area contributed by atoms with E-state index in [1.165, 1.54) is 0 Å². The lowest BCUT2D eigenvalue weighted by Crippen LogP contribution is -2.32. The summed E-state index contributed by atoms with van der Waals surface area (Å²) in [7, 11) is 0. The Hall–Kier alpha value is -3.15. The van der Waals surface area contributed by atoms with E-state index in [1.54, 1.807) is 4.90 Å². The standard InChI is InChI=1S/C20H19N3O3/c24-19(11-17-16-8-4-5-9-18(16)26-22-17)21-12-14-10-20(25)23(13-14)15-6-2-1-3-7-15/h1-9,14H,10-13H2,(H,21,24)/t14-/m1/s1. The van der Waals surface area contributed by atoms with Crippen LogP contribution in [0.5, 0.6) is 0 Å². The molecule has 26 heavy (non-hydrogen) atoms. The number of hydrogen-bond donors (Lipinski definition) is 1. The van der Waals surface area contributed by atoms with Gasteiger partial charge in [0.15, 0.2) is 5.58 Å². The van der Waals surface area contributed by atoms with Crippen LogP contribution in [0.2, 0.25) is 0 Å². The number of amides is 2. The Morgan fingerprint density at radius 2 is 1.92 bits per heavy atom. The van der Waals surface area contributed by atoms with Crippen LogP contribution in [0.25, 0.3) is 11.0 Å². The molecule has 0 aliphatic carbocycles. The molecular formula is C20H19N3O3. The second-order valence-corrected chi connectivity index (χ2v) is 6.52. The summed E-state index contributed by atoms with van der Waals surface area (Å²) in [6, 6.07) is 17.1. The van der Waals surface area contributed by atoms with E-state index in [4.69, 9.17) is 4.52 Å². The van der Waals surface area contributed by atoms with Crippen molar-refractivity contribution in [2.24, 2.45) is 5.92 Å². The number of hydrogen-bond acceptors (Lipinski definition) is 4. The summed E-state index contributed by atoms with van der Waals surface area (Å²) in [5.74, 6) is 0.0910. The van der Waals surface area contributed by atoms with Gasteiger partial charge < -0.3 is 14.7 Å². The average molecular weight is 349 g/mol. The Labute approximate surface area is 150 Å². The number of benzene rings is 2. The molecule has 0 saturated carbocycles. The van der Waals surface area contributed by atoms with Gasteiger partial charge in [-0.2, -0.15) is 0 Å². The Morgan fingerprint density at radius 3 is 2.77 bits per heavy atom. The minimum Gasteiger partial charge on any atom is -0.356 e. The first-order valence-corrected chi connectivity index (χ1v) is 8.66. The van der Waals surface area contributed by atoms with Crippen molar-refractivity contribution in [1.29, 1.82) is 0 Å². The van der Waals surface area contributed by atoms with E-state index in [-0.39, 0.29) is 24.2 Å². The van der Waals surface area contributed by atoms with E-state index >= 15 is 0 Å². The van der Waals surface area contributed by atoms with Gasteiger partial charge in [0.2, 0.25) is 11.8 Å². The molecule has 0 spiro atoms. The van der Waals surface area contributed by atoms with Crippen LogP contribution in [0.15, 0.2) is 59.1 Å². The van der Waals surface area contributed by atoms with Gasteiger partial charge in [-0.15, -0.1) is 0 Å². The zero-order valence-electron chi connectivity index (χ0n) is 14.2. The normalized spacial score (nSPS) is 17.0. The van der Waals surface area contributed by atoms with Crippen LogP contribution in [0.3, 0.4) is 0 Å². The summed E-state index contributed by atoms with van der Waals surface area (Å²) in [4.78, 5) is 26.3. The smallest absolute Gasteiger partial charge is 0.227 e. The van der Waals surface area contributed by atoms with Crippen LogP contribution >= 0.6 is 0 Å². The molecule has 2 amide bonds. The SMILES string of the molecule is O=C(Cc1noc2ccccc12)NC[C@H]1CC(=O)N(c2ccccc2)C1. The molecule has 0 bridgehead atoms. The molecule has 1 saturated heterocycles. The molecule has 4 rings (SSSR count). The number of rotatable bonds is 5. The minimum absolute atomic E-state index is 0.0953. The number of fused-ring (bicyclic) bond motifs is 1. The van der Waals surface area contributed by atoms with Gasteiger partial charge in [-0.05, 0) is 24.3 Å². The van der Waals surface area contributed by atoms with E-state index < -0.39 is 0 Å². The lowest BCUT2D eigenvalue weighted by atomic mass is 10.1. The molecule has 132 valence electrons. The van der Waals surface area contributed by atoms with Gasteiger partial charge in [0, 0.05) is 36.5 Å². The molecule has 1 N–H and O–H groups in total. The first-order valence-electron chi connectivity index (χ1n) is 8.66. The molecule has 0 radical (unpaired) electrons. The highest BCUT2D eigenvalue weighted by Gasteiger charge is 2.30. The molecule has 1 fully saturated rings. The maximum absolute atomic E-state index is 12.3. The zero-order valence-corrected chi connectivity index (χ0v) is 14.2. The first-order chi connectivity index (χ1) is 12.7. The largest absolute Gasteiger partial charge is 0.356 e. The number of carbonyl (C=O) groups is 2. The maximum atomic E-state index is 12.3. The monoisotopic (exact) mass is 349 g/mol. The molecule has 2 aromatic carbocycles. The fraction of sp³-hybridized carbons (Fsp3) is 0.250. The Bertz CT molecular complexity index is 936. The van der Waals surface area contributed by atoms with Crippen molar-refractivity contribution in [2.75, 3.05) is 18.0 Å². The third-order valence-corrected chi connectivity index (χ3v) is 4.64. The summed E-state index contributed by atoms with van der Waals surface area (Å²) < 4.78 is 5.22. The number of nitrogens with zero attached hydrogens (tertiary/aromatic N) is 2. The molecule has 3 aromatic rings. The van der Waals surface area contributed by atoms with E-state index in [0.29, 0.717) is 30.8 Å². The molecule has 6 nitrogen and oxygen atoms in total. The summed E-state index contributed by atoms with van der Waals surface area (Å²) in [6.45, 7) is 1.10. The zero-order chi connectivity index (χ0) is 17.9. The number of carbonyl (C=O) groups excluding carboxylic acids is 2. The van der Waals surface area contributed by atoms with Crippen LogP contribution in [-0.2, 0) is 16.0 Å². The summed E-state index contributed by atoms with van der Waals surface area (Å²) in [5.41, 5.74) is 2.21. The highest BCUT2D eigenvalue weighted by Crippen LogP contribution is 2.24. The molecule has 2 heterocycles. The predicted octanol–water partition coefficient (Wildman–Crippen LogP) is 2.54. The average Bonchev–Trinajstić information content (AvgIpc) is 3.24. The summed E-state index contributed by atoms with van der Waals surface area (Å²) in [5, 5.41) is 7.76. The van der Waals surface area contributed by atoms with Crippen LogP contribution in [0.4, 0.5) is 5.69 Å². The van der Waals surface area contributed by atoms with Crippen LogP contribution in [0, 0.1) is 5.92 Å². The van der Waals surface area contributed by atoms with Crippen molar-refractivity contribution >= 4 is 28.5 Å². The van der Waals surface area contributed by atoms with Gasteiger partial charge in [-0.25, -0.2) is 0 Å². The van der Waals surface area contributed by atoms with E-state index in [1.807, 2.05) is 54.6 Å². The fourth-order valence-electron chi connectivity index (χ4n) is 3.31. The topological polar surface area (TPSA) is 75.4 Å². The molecule has 0 unspecified atom stereocenters. The van der Waals surface area contributed by atoms with Crippen molar-refractivity contribution in [2.45, 2.75) is 12.8 Å². The second-order valence-electron chi connectivity index (χ2n) is 6.52. The molecule has 1 aliphatic heterocycles. The third-order valence-electron chi connectivity index (χ3n) is 4.64. The summed E-state index contributed by atoms with van der Waals surface area (Å²) >= 11 is 0. The maximum Gasteiger partial charge on any atom is 0.227 e. The lowest BCUT2D eigenvalue weighted by molar-refractivity contribution is -0.121. The van der Waals surface area contributed by atoms with Crippen molar-refractivity contribution < 1.29 is 14.1 Å². The number of aromatic nitrogens is 1. The predicted molar refractivity (Wildman–Crippen MR) is 97.6 cm³/mol. The third kappa shape index (κ3) is 3.31. The fourth-order valence-corrected chi connectivity index (χ4v) is 3.31. The Morgan fingerprint density at radius 1 is 1.15 bits per heavy atom. The van der Waals surface area contributed by atoms with Crippen molar-refractivity contribution in [3.63, 3.8) is 0 Å². The quantitative estimate of drug-likeness (QED) is 0.768. The Kier molecular flexibility index (Phi) is 4.39.